The molecule has 1 N–H and O–H groups in total. The van der Waals surface area contributed by atoms with Crippen LogP contribution in [0.3, 0.4) is 0 Å². The van der Waals surface area contributed by atoms with Gasteiger partial charge >= 0.3 is 0 Å². The molecule has 0 spiro atoms. The number of amides is 1. The lowest BCUT2D eigenvalue weighted by atomic mass is 9.96. The molecule has 0 aliphatic carbocycles. The van der Waals surface area contributed by atoms with Crippen molar-refractivity contribution in [1.82, 2.24) is 10.2 Å². The average Bonchev–Trinajstić information content (AvgIpc) is 2.70. The van der Waals surface area contributed by atoms with Crippen LogP contribution in [-0.2, 0) is 0 Å². The number of hydrogen-bond acceptors (Lipinski definition) is 2. The van der Waals surface area contributed by atoms with E-state index in [4.69, 9.17) is 0 Å². The van der Waals surface area contributed by atoms with Crippen molar-refractivity contribution in [3.8, 4) is 11.1 Å². The van der Waals surface area contributed by atoms with Crippen LogP contribution in [0.2, 0.25) is 0 Å². The molecule has 3 rings (SSSR count). The number of rotatable bonds is 5. The van der Waals surface area contributed by atoms with E-state index in [1.54, 1.807) is 24.3 Å². The second kappa shape index (κ2) is 9.94. The molecule has 7 heteroatoms. The van der Waals surface area contributed by atoms with E-state index in [2.05, 4.69) is 12.2 Å². The normalized spacial score (nSPS) is 14.6. The molecule has 0 bridgehead atoms. The smallest absolute Gasteiger partial charge is 0.253 e. The largest absolute Gasteiger partial charge is 0.339 e. The second-order valence-corrected chi connectivity index (χ2v) is 6.87. The molecule has 1 saturated heterocycles. The zero-order valence-corrected chi connectivity index (χ0v) is 16.5. The lowest BCUT2D eigenvalue weighted by Gasteiger charge is -2.32. The van der Waals surface area contributed by atoms with Gasteiger partial charge in [0.1, 0.15) is 0 Å². The SMILES string of the molecule is CCNCC1CCN(C(=O)c2ccc(-c3cc(F)c(F)c(F)c3)cc2)CC1.Cl. The molecule has 0 atom stereocenters. The number of halogens is 4. The molecule has 152 valence electrons. The van der Waals surface area contributed by atoms with Gasteiger partial charge in [0.2, 0.25) is 0 Å². The summed E-state index contributed by atoms with van der Waals surface area (Å²) in [6.45, 7) is 5.47. The van der Waals surface area contributed by atoms with Crippen LogP contribution < -0.4 is 5.32 Å². The molecule has 1 aliphatic rings. The van der Waals surface area contributed by atoms with Crippen molar-refractivity contribution >= 4 is 18.3 Å². The fourth-order valence-electron chi connectivity index (χ4n) is 3.40. The summed E-state index contributed by atoms with van der Waals surface area (Å²) in [6, 6.07) is 8.42. The van der Waals surface area contributed by atoms with Gasteiger partial charge in [0.05, 0.1) is 0 Å². The number of hydrogen-bond donors (Lipinski definition) is 1. The summed E-state index contributed by atoms with van der Waals surface area (Å²) < 4.78 is 39.9. The average molecular weight is 413 g/mol. The Bertz CT molecular complexity index is 783. The van der Waals surface area contributed by atoms with Gasteiger partial charge in [0, 0.05) is 18.7 Å². The molecule has 0 aromatic heterocycles. The highest BCUT2D eigenvalue weighted by atomic mass is 35.5. The van der Waals surface area contributed by atoms with E-state index in [0.717, 1.165) is 51.2 Å². The van der Waals surface area contributed by atoms with Crippen LogP contribution in [0.5, 0.6) is 0 Å². The maximum absolute atomic E-state index is 13.4. The molecule has 2 aromatic rings. The molecular weight excluding hydrogens is 389 g/mol. The van der Waals surface area contributed by atoms with E-state index in [1.165, 1.54) is 0 Å². The quantitative estimate of drug-likeness (QED) is 0.725. The Kier molecular flexibility index (Phi) is 7.89. The van der Waals surface area contributed by atoms with Gasteiger partial charge in [-0.15, -0.1) is 12.4 Å². The fourth-order valence-corrected chi connectivity index (χ4v) is 3.40. The van der Waals surface area contributed by atoms with Crippen LogP contribution >= 0.6 is 12.4 Å². The molecule has 0 saturated carbocycles. The van der Waals surface area contributed by atoms with Crippen molar-refractivity contribution in [1.29, 1.82) is 0 Å². The number of benzene rings is 2. The predicted molar refractivity (Wildman–Crippen MR) is 106 cm³/mol. The minimum absolute atomic E-state index is 0. The van der Waals surface area contributed by atoms with Crippen molar-refractivity contribution in [2.75, 3.05) is 26.2 Å². The van der Waals surface area contributed by atoms with Gasteiger partial charge in [0.25, 0.3) is 5.91 Å². The van der Waals surface area contributed by atoms with Crippen molar-refractivity contribution in [2.24, 2.45) is 5.92 Å². The Morgan fingerprint density at radius 3 is 2.14 bits per heavy atom. The van der Waals surface area contributed by atoms with E-state index in [9.17, 15) is 18.0 Å². The van der Waals surface area contributed by atoms with Gasteiger partial charge in [-0.3, -0.25) is 4.79 Å². The van der Waals surface area contributed by atoms with Gasteiger partial charge < -0.3 is 10.2 Å². The third kappa shape index (κ3) is 5.06. The van der Waals surface area contributed by atoms with Crippen molar-refractivity contribution in [3.63, 3.8) is 0 Å². The molecule has 1 fully saturated rings. The van der Waals surface area contributed by atoms with Crippen LogP contribution in [0.15, 0.2) is 36.4 Å². The Morgan fingerprint density at radius 1 is 1.04 bits per heavy atom. The van der Waals surface area contributed by atoms with E-state index in [1.807, 2.05) is 4.90 Å². The van der Waals surface area contributed by atoms with Gasteiger partial charge in [-0.05, 0) is 67.2 Å². The molecular formula is C21H24ClF3N2O. The number of nitrogens with one attached hydrogen (secondary N) is 1. The lowest BCUT2D eigenvalue weighted by Crippen LogP contribution is -2.40. The van der Waals surface area contributed by atoms with Crippen molar-refractivity contribution in [3.05, 3.63) is 59.4 Å². The molecule has 1 heterocycles. The molecule has 0 unspecified atom stereocenters. The predicted octanol–water partition coefficient (Wildman–Crippen LogP) is 4.65. The van der Waals surface area contributed by atoms with Gasteiger partial charge in [-0.2, -0.15) is 0 Å². The zero-order chi connectivity index (χ0) is 19.4. The van der Waals surface area contributed by atoms with E-state index in [0.29, 0.717) is 17.0 Å². The van der Waals surface area contributed by atoms with Gasteiger partial charge in [-0.1, -0.05) is 19.1 Å². The van der Waals surface area contributed by atoms with Crippen LogP contribution in [0.1, 0.15) is 30.1 Å². The van der Waals surface area contributed by atoms with Gasteiger partial charge in [0.15, 0.2) is 17.5 Å². The standard InChI is InChI=1S/C21H23F3N2O.ClH/c1-2-25-13-14-7-9-26(10-8-14)21(27)16-5-3-15(4-6-16)17-11-18(22)20(24)19(23)12-17;/h3-6,11-12,14,25H,2,7-10,13H2,1H3;1H. The van der Waals surface area contributed by atoms with Gasteiger partial charge in [-0.25, -0.2) is 13.2 Å². The van der Waals surface area contributed by atoms with E-state index >= 15 is 0 Å². The first-order chi connectivity index (χ1) is 13.0. The molecule has 1 aliphatic heterocycles. The highest BCUT2D eigenvalue weighted by molar-refractivity contribution is 5.94. The first-order valence-corrected chi connectivity index (χ1v) is 9.24. The highest BCUT2D eigenvalue weighted by Crippen LogP contribution is 2.25. The minimum atomic E-state index is -1.48. The second-order valence-electron chi connectivity index (χ2n) is 6.87. The van der Waals surface area contributed by atoms with Crippen molar-refractivity contribution in [2.45, 2.75) is 19.8 Å². The third-order valence-corrected chi connectivity index (χ3v) is 5.03. The zero-order valence-electron chi connectivity index (χ0n) is 15.7. The first-order valence-electron chi connectivity index (χ1n) is 9.24. The lowest BCUT2D eigenvalue weighted by molar-refractivity contribution is 0.0690. The third-order valence-electron chi connectivity index (χ3n) is 5.03. The Hall–Kier alpha value is -2.05. The van der Waals surface area contributed by atoms with Crippen LogP contribution in [0, 0.1) is 23.4 Å². The van der Waals surface area contributed by atoms with Crippen LogP contribution in [0.4, 0.5) is 13.2 Å². The Labute approximate surface area is 169 Å². The Balaban J connectivity index is 0.00000280. The summed E-state index contributed by atoms with van der Waals surface area (Å²) in [5, 5.41) is 3.35. The van der Waals surface area contributed by atoms with Crippen LogP contribution in [-0.4, -0.2) is 37.0 Å². The topological polar surface area (TPSA) is 32.3 Å². The molecule has 3 nitrogen and oxygen atoms in total. The number of nitrogens with zero attached hydrogens (tertiary/aromatic N) is 1. The fraction of sp³-hybridized carbons (Fsp3) is 0.381. The summed E-state index contributed by atoms with van der Waals surface area (Å²) in [6.07, 6.45) is 1.95. The number of carbonyl (C=O) groups excluding carboxylic acids is 1. The van der Waals surface area contributed by atoms with Crippen LogP contribution in [0.25, 0.3) is 11.1 Å². The van der Waals surface area contributed by atoms with E-state index in [-0.39, 0.29) is 23.9 Å². The summed E-state index contributed by atoms with van der Waals surface area (Å²) in [5.41, 5.74) is 1.29. The molecule has 28 heavy (non-hydrogen) atoms. The molecule has 2 aromatic carbocycles. The summed E-state index contributed by atoms with van der Waals surface area (Å²) in [4.78, 5) is 14.5. The van der Waals surface area contributed by atoms with E-state index < -0.39 is 17.5 Å². The number of carbonyl (C=O) groups is 1. The first kappa shape index (κ1) is 22.2. The van der Waals surface area contributed by atoms with Crippen molar-refractivity contribution < 1.29 is 18.0 Å². The maximum Gasteiger partial charge on any atom is 0.253 e. The number of piperidine rings is 1. The highest BCUT2D eigenvalue weighted by Gasteiger charge is 2.23. The minimum Gasteiger partial charge on any atom is -0.339 e. The number of likely N-dealkylation sites (tertiary alicyclic amines) is 1. The summed E-state index contributed by atoms with van der Waals surface area (Å²) >= 11 is 0. The summed E-state index contributed by atoms with van der Waals surface area (Å²) in [7, 11) is 0. The molecule has 1 amide bonds. The summed E-state index contributed by atoms with van der Waals surface area (Å²) in [5.74, 6) is -3.39. The molecule has 0 radical (unpaired) electrons. The maximum atomic E-state index is 13.4. The Morgan fingerprint density at radius 2 is 1.61 bits per heavy atom. The monoisotopic (exact) mass is 412 g/mol.